The number of benzene rings is 3. The second kappa shape index (κ2) is 6.84. The van der Waals surface area contributed by atoms with Crippen LogP contribution in [0.1, 0.15) is 5.56 Å². The summed E-state index contributed by atoms with van der Waals surface area (Å²) in [6, 6.07) is 26.4. The summed E-state index contributed by atoms with van der Waals surface area (Å²) in [4.78, 5) is 11.6. The lowest BCUT2D eigenvalue weighted by atomic mass is 10.2. The molecule has 0 aliphatic heterocycles. The molecule has 26 heavy (non-hydrogen) atoms. The fourth-order valence-corrected chi connectivity index (χ4v) is 2.92. The molecule has 4 heteroatoms. The van der Waals surface area contributed by atoms with E-state index in [4.69, 9.17) is 9.97 Å². The molecule has 0 amide bonds. The molecule has 0 unspecified atom stereocenters. The van der Waals surface area contributed by atoms with Crippen molar-refractivity contribution in [2.24, 2.45) is 0 Å². The molecule has 0 radical (unpaired) electrons. The maximum atomic E-state index is 4.82. The second-order valence-electron chi connectivity index (χ2n) is 6.22. The van der Waals surface area contributed by atoms with E-state index >= 15 is 0 Å². The first-order valence-corrected chi connectivity index (χ1v) is 8.60. The zero-order chi connectivity index (χ0) is 17.9. The van der Waals surface area contributed by atoms with Crippen LogP contribution in [0.2, 0.25) is 0 Å². The van der Waals surface area contributed by atoms with Crippen molar-refractivity contribution in [3.05, 3.63) is 84.4 Å². The number of fused-ring (bicyclic) bond motifs is 1. The summed E-state index contributed by atoms with van der Waals surface area (Å²) in [5, 5.41) is 4.49. The normalized spacial score (nSPS) is 10.7. The zero-order valence-electron chi connectivity index (χ0n) is 14.8. The third-order valence-electron chi connectivity index (χ3n) is 4.43. The summed E-state index contributed by atoms with van der Waals surface area (Å²) in [6.45, 7) is 2.09. The molecule has 4 aromatic rings. The number of hydrogen-bond donors (Lipinski definition) is 1. The third kappa shape index (κ3) is 3.09. The maximum absolute atomic E-state index is 4.82. The molecular formula is C22H20N4. The fraction of sp³-hybridized carbons (Fsp3) is 0.0909. The fourth-order valence-electron chi connectivity index (χ4n) is 2.92. The molecule has 0 spiro atoms. The van der Waals surface area contributed by atoms with Crippen LogP contribution < -0.4 is 10.2 Å². The molecule has 4 rings (SSSR count). The van der Waals surface area contributed by atoms with E-state index in [1.54, 1.807) is 0 Å². The minimum absolute atomic E-state index is 0.658. The lowest BCUT2D eigenvalue weighted by molar-refractivity contribution is 1.07. The number of nitrogens with zero attached hydrogens (tertiary/aromatic N) is 3. The number of anilines is 4. The number of para-hydroxylation sites is 3. The average Bonchev–Trinajstić information content (AvgIpc) is 2.69. The average molecular weight is 340 g/mol. The van der Waals surface area contributed by atoms with Crippen molar-refractivity contribution in [2.75, 3.05) is 17.3 Å². The SMILES string of the molecule is Cc1ccccc1Nc1nc(N(C)c2ccccc2)nc2ccccc12. The maximum Gasteiger partial charge on any atom is 0.232 e. The van der Waals surface area contributed by atoms with Crippen LogP contribution in [-0.2, 0) is 0 Å². The zero-order valence-corrected chi connectivity index (χ0v) is 14.8. The van der Waals surface area contributed by atoms with Crippen LogP contribution in [0.5, 0.6) is 0 Å². The molecule has 1 N–H and O–H groups in total. The molecule has 0 aliphatic carbocycles. The summed E-state index contributed by atoms with van der Waals surface area (Å²) in [6.07, 6.45) is 0. The Labute approximate surface area is 153 Å². The highest BCUT2D eigenvalue weighted by molar-refractivity contribution is 5.92. The molecular weight excluding hydrogens is 320 g/mol. The number of aromatic nitrogens is 2. The Hall–Kier alpha value is -3.40. The van der Waals surface area contributed by atoms with Gasteiger partial charge in [-0.3, -0.25) is 0 Å². The molecule has 1 heterocycles. The third-order valence-corrected chi connectivity index (χ3v) is 4.43. The van der Waals surface area contributed by atoms with Gasteiger partial charge in [0.2, 0.25) is 5.95 Å². The van der Waals surface area contributed by atoms with Gasteiger partial charge in [0.15, 0.2) is 0 Å². The van der Waals surface area contributed by atoms with Gasteiger partial charge in [-0.1, -0.05) is 48.5 Å². The van der Waals surface area contributed by atoms with Crippen LogP contribution >= 0.6 is 0 Å². The van der Waals surface area contributed by atoms with Crippen LogP contribution in [-0.4, -0.2) is 17.0 Å². The Morgan fingerprint density at radius 3 is 2.27 bits per heavy atom. The van der Waals surface area contributed by atoms with Gasteiger partial charge < -0.3 is 10.2 Å². The Morgan fingerprint density at radius 2 is 1.46 bits per heavy atom. The van der Waals surface area contributed by atoms with Gasteiger partial charge in [-0.25, -0.2) is 4.98 Å². The lowest BCUT2D eigenvalue weighted by Gasteiger charge is -2.19. The number of nitrogens with one attached hydrogen (secondary N) is 1. The molecule has 4 nitrogen and oxygen atoms in total. The van der Waals surface area contributed by atoms with E-state index in [0.29, 0.717) is 5.95 Å². The number of rotatable bonds is 4. The quantitative estimate of drug-likeness (QED) is 0.536. The van der Waals surface area contributed by atoms with Crippen molar-refractivity contribution in [3.63, 3.8) is 0 Å². The summed E-state index contributed by atoms with van der Waals surface area (Å²) < 4.78 is 0. The van der Waals surface area contributed by atoms with E-state index in [1.807, 2.05) is 78.7 Å². The first-order chi connectivity index (χ1) is 12.7. The van der Waals surface area contributed by atoms with Gasteiger partial charge in [0, 0.05) is 23.8 Å². The molecule has 128 valence electrons. The molecule has 0 fully saturated rings. The standard InChI is InChI=1S/C22H20N4/c1-16-10-6-8-14-19(16)23-21-18-13-7-9-15-20(18)24-22(25-21)26(2)17-11-4-3-5-12-17/h3-15H,1-2H3,(H,23,24,25). The monoisotopic (exact) mass is 340 g/mol. The minimum Gasteiger partial charge on any atom is -0.339 e. The molecule has 0 atom stereocenters. The Bertz CT molecular complexity index is 1040. The minimum atomic E-state index is 0.658. The predicted molar refractivity (Wildman–Crippen MR) is 109 cm³/mol. The van der Waals surface area contributed by atoms with Crippen molar-refractivity contribution in [1.82, 2.24) is 9.97 Å². The second-order valence-corrected chi connectivity index (χ2v) is 6.22. The van der Waals surface area contributed by atoms with Crippen molar-refractivity contribution in [3.8, 4) is 0 Å². The largest absolute Gasteiger partial charge is 0.339 e. The van der Waals surface area contributed by atoms with Crippen molar-refractivity contribution >= 4 is 34.0 Å². The van der Waals surface area contributed by atoms with Crippen molar-refractivity contribution in [1.29, 1.82) is 0 Å². The van der Waals surface area contributed by atoms with Gasteiger partial charge in [-0.05, 0) is 42.8 Å². The number of hydrogen-bond acceptors (Lipinski definition) is 4. The van der Waals surface area contributed by atoms with Crippen molar-refractivity contribution in [2.45, 2.75) is 6.92 Å². The molecule has 3 aromatic carbocycles. The van der Waals surface area contributed by atoms with Gasteiger partial charge in [0.1, 0.15) is 5.82 Å². The van der Waals surface area contributed by atoms with Crippen LogP contribution in [0.25, 0.3) is 10.9 Å². The molecule has 0 aliphatic rings. The first-order valence-electron chi connectivity index (χ1n) is 8.60. The molecule has 0 bridgehead atoms. The Balaban J connectivity index is 1.82. The van der Waals surface area contributed by atoms with Gasteiger partial charge >= 0.3 is 0 Å². The van der Waals surface area contributed by atoms with Crippen molar-refractivity contribution < 1.29 is 0 Å². The van der Waals surface area contributed by atoms with Crippen LogP contribution in [0.3, 0.4) is 0 Å². The lowest BCUT2D eigenvalue weighted by Crippen LogP contribution is -2.14. The smallest absolute Gasteiger partial charge is 0.232 e. The highest BCUT2D eigenvalue weighted by Crippen LogP contribution is 2.29. The highest BCUT2D eigenvalue weighted by atomic mass is 15.3. The van der Waals surface area contributed by atoms with Gasteiger partial charge in [-0.15, -0.1) is 0 Å². The van der Waals surface area contributed by atoms with Gasteiger partial charge in [-0.2, -0.15) is 4.98 Å². The van der Waals surface area contributed by atoms with Crippen LogP contribution in [0.4, 0.5) is 23.1 Å². The van der Waals surface area contributed by atoms with E-state index in [0.717, 1.165) is 28.1 Å². The van der Waals surface area contributed by atoms with Crippen LogP contribution in [0, 0.1) is 6.92 Å². The topological polar surface area (TPSA) is 41.1 Å². The molecule has 0 saturated heterocycles. The highest BCUT2D eigenvalue weighted by Gasteiger charge is 2.12. The van der Waals surface area contributed by atoms with E-state index < -0.39 is 0 Å². The van der Waals surface area contributed by atoms with E-state index in [2.05, 4.69) is 24.4 Å². The summed E-state index contributed by atoms with van der Waals surface area (Å²) in [7, 11) is 1.98. The van der Waals surface area contributed by atoms with E-state index in [9.17, 15) is 0 Å². The molecule has 1 aromatic heterocycles. The summed E-state index contributed by atoms with van der Waals surface area (Å²) in [5.74, 6) is 1.47. The Kier molecular flexibility index (Phi) is 4.23. The molecule has 0 saturated carbocycles. The summed E-state index contributed by atoms with van der Waals surface area (Å²) >= 11 is 0. The number of aryl methyl sites for hydroxylation is 1. The Morgan fingerprint density at radius 1 is 0.769 bits per heavy atom. The van der Waals surface area contributed by atoms with Crippen LogP contribution in [0.15, 0.2) is 78.9 Å². The summed E-state index contributed by atoms with van der Waals surface area (Å²) in [5.41, 5.74) is 4.18. The predicted octanol–water partition coefficient (Wildman–Crippen LogP) is 5.45. The van der Waals surface area contributed by atoms with Gasteiger partial charge in [0.05, 0.1) is 5.52 Å². The van der Waals surface area contributed by atoms with E-state index in [-0.39, 0.29) is 0 Å². The van der Waals surface area contributed by atoms with Gasteiger partial charge in [0.25, 0.3) is 0 Å². The van der Waals surface area contributed by atoms with E-state index in [1.165, 1.54) is 5.56 Å². The first kappa shape index (κ1) is 16.1.